The minimum absolute atomic E-state index is 0.333. The van der Waals surface area contributed by atoms with Crippen molar-refractivity contribution < 1.29 is 27.8 Å². The Bertz CT molecular complexity index is 232. The van der Waals surface area contributed by atoms with Gasteiger partial charge in [0.1, 0.15) is 12.6 Å². The van der Waals surface area contributed by atoms with Crippen LogP contribution in [0.2, 0.25) is 0 Å². The number of alkyl halides is 3. The summed E-state index contributed by atoms with van der Waals surface area (Å²) in [5.74, 6) is -1.18. The summed E-state index contributed by atoms with van der Waals surface area (Å²) < 4.78 is 40.1. The third kappa shape index (κ3) is 4.05. The number of nitrogens with one attached hydrogen (secondary N) is 1. The van der Waals surface area contributed by atoms with Crippen LogP contribution in [0.3, 0.4) is 0 Å². The van der Waals surface area contributed by atoms with Gasteiger partial charge in [0.2, 0.25) is 0 Å². The lowest BCUT2D eigenvalue weighted by atomic mass is 10.0. The first kappa shape index (κ1) is 12.3. The normalized spacial score (nSPS) is 27.7. The molecule has 2 unspecified atom stereocenters. The third-order valence-corrected chi connectivity index (χ3v) is 2.13. The number of carboxylic acid groups (broad SMARTS) is 1. The molecule has 0 aromatic rings. The molecule has 1 heterocycles. The smallest absolute Gasteiger partial charge is 0.411 e. The molecule has 0 aliphatic carbocycles. The van der Waals surface area contributed by atoms with E-state index in [4.69, 9.17) is 5.11 Å². The maximum atomic E-state index is 11.8. The van der Waals surface area contributed by atoms with Gasteiger partial charge >= 0.3 is 12.1 Å². The van der Waals surface area contributed by atoms with Crippen LogP contribution in [-0.2, 0) is 9.53 Å². The topological polar surface area (TPSA) is 58.6 Å². The van der Waals surface area contributed by atoms with E-state index in [9.17, 15) is 18.0 Å². The summed E-state index contributed by atoms with van der Waals surface area (Å²) in [6, 6.07) is -1.04. The maximum absolute atomic E-state index is 11.8. The van der Waals surface area contributed by atoms with Crippen LogP contribution in [0.1, 0.15) is 12.8 Å². The van der Waals surface area contributed by atoms with Crippen LogP contribution in [0, 0.1) is 0 Å². The second-order valence-electron chi connectivity index (χ2n) is 3.38. The van der Waals surface area contributed by atoms with Gasteiger partial charge in [-0.25, -0.2) is 0 Å². The summed E-state index contributed by atoms with van der Waals surface area (Å²) in [7, 11) is 0. The molecule has 4 nitrogen and oxygen atoms in total. The van der Waals surface area contributed by atoms with Gasteiger partial charge in [-0.2, -0.15) is 13.2 Å². The highest BCUT2D eigenvalue weighted by Crippen LogP contribution is 2.19. The molecular formula is C8H12F3NO3. The lowest BCUT2D eigenvalue weighted by Crippen LogP contribution is -2.51. The molecule has 0 spiro atoms. The summed E-state index contributed by atoms with van der Waals surface area (Å²) >= 11 is 0. The van der Waals surface area contributed by atoms with Gasteiger partial charge in [-0.1, -0.05) is 0 Å². The molecule has 1 rings (SSSR count). The number of halogens is 3. The fourth-order valence-corrected chi connectivity index (χ4v) is 1.49. The molecule has 2 N–H and O–H groups in total. The van der Waals surface area contributed by atoms with Crippen molar-refractivity contribution in [3.8, 4) is 0 Å². The number of rotatable bonds is 3. The Morgan fingerprint density at radius 3 is 2.73 bits per heavy atom. The fraction of sp³-hybridized carbons (Fsp3) is 0.875. The van der Waals surface area contributed by atoms with Crippen LogP contribution in [-0.4, -0.2) is 42.5 Å². The fourth-order valence-electron chi connectivity index (χ4n) is 1.49. The average molecular weight is 227 g/mol. The molecule has 0 radical (unpaired) electrons. The van der Waals surface area contributed by atoms with E-state index in [1.807, 2.05) is 0 Å². The third-order valence-electron chi connectivity index (χ3n) is 2.13. The lowest BCUT2D eigenvalue weighted by molar-refractivity contribution is -0.193. The summed E-state index contributed by atoms with van der Waals surface area (Å²) in [5.41, 5.74) is 0. The molecule has 1 saturated heterocycles. The first-order chi connectivity index (χ1) is 6.90. The van der Waals surface area contributed by atoms with Crippen molar-refractivity contribution in [3.05, 3.63) is 0 Å². The molecule has 0 aromatic heterocycles. The molecule has 0 bridgehead atoms. The second-order valence-corrected chi connectivity index (χ2v) is 3.38. The van der Waals surface area contributed by atoms with E-state index in [1.165, 1.54) is 0 Å². The van der Waals surface area contributed by atoms with Gasteiger partial charge in [-0.05, 0) is 19.4 Å². The molecule has 15 heavy (non-hydrogen) atoms. The average Bonchev–Trinajstić information content (AvgIpc) is 2.14. The quantitative estimate of drug-likeness (QED) is 0.747. The molecule has 1 aliphatic rings. The van der Waals surface area contributed by atoms with Gasteiger partial charge in [0.15, 0.2) is 0 Å². The molecular weight excluding hydrogens is 215 g/mol. The first-order valence-corrected chi connectivity index (χ1v) is 4.55. The van der Waals surface area contributed by atoms with Crippen LogP contribution in [0.5, 0.6) is 0 Å². The molecule has 0 saturated carbocycles. The van der Waals surface area contributed by atoms with Gasteiger partial charge in [0.25, 0.3) is 0 Å². The summed E-state index contributed by atoms with van der Waals surface area (Å²) in [5, 5.41) is 11.3. The van der Waals surface area contributed by atoms with E-state index in [0.717, 1.165) is 0 Å². The standard InChI is InChI=1S/C8H12F3NO3/c9-8(10,11)4-15-5-2-1-3-12-6(5)7(13)14/h5-6,12H,1-4H2,(H,13,14). The predicted octanol–water partition coefficient (Wildman–Crippen LogP) is 0.770. The van der Waals surface area contributed by atoms with Gasteiger partial charge in [-0.15, -0.1) is 0 Å². The minimum Gasteiger partial charge on any atom is -0.480 e. The lowest BCUT2D eigenvalue weighted by Gasteiger charge is -2.29. The zero-order chi connectivity index (χ0) is 11.5. The Morgan fingerprint density at radius 2 is 2.20 bits per heavy atom. The molecule has 7 heteroatoms. The van der Waals surface area contributed by atoms with Crippen LogP contribution < -0.4 is 5.32 Å². The second kappa shape index (κ2) is 4.80. The van der Waals surface area contributed by atoms with Crippen LogP contribution in [0.25, 0.3) is 0 Å². The van der Waals surface area contributed by atoms with Crippen molar-refractivity contribution in [2.24, 2.45) is 0 Å². The Labute approximate surface area is 84.4 Å². The molecule has 0 aromatic carbocycles. The molecule has 1 aliphatic heterocycles. The van der Waals surface area contributed by atoms with Crippen LogP contribution in [0.4, 0.5) is 13.2 Å². The van der Waals surface area contributed by atoms with Crippen molar-refractivity contribution in [1.29, 1.82) is 0 Å². The highest BCUT2D eigenvalue weighted by molar-refractivity contribution is 5.74. The van der Waals surface area contributed by atoms with Crippen molar-refractivity contribution in [1.82, 2.24) is 5.32 Å². The highest BCUT2D eigenvalue weighted by atomic mass is 19.4. The van der Waals surface area contributed by atoms with Crippen molar-refractivity contribution >= 4 is 5.97 Å². The minimum atomic E-state index is -4.42. The van der Waals surface area contributed by atoms with Crippen LogP contribution >= 0.6 is 0 Å². The maximum Gasteiger partial charge on any atom is 0.411 e. The van der Waals surface area contributed by atoms with E-state index in [2.05, 4.69) is 10.1 Å². The van der Waals surface area contributed by atoms with Crippen molar-refractivity contribution in [2.75, 3.05) is 13.2 Å². The Kier molecular flexibility index (Phi) is 3.92. The number of aliphatic carboxylic acids is 1. The monoisotopic (exact) mass is 227 g/mol. The largest absolute Gasteiger partial charge is 0.480 e. The van der Waals surface area contributed by atoms with Gasteiger partial charge in [0.05, 0.1) is 6.10 Å². The van der Waals surface area contributed by atoms with E-state index in [1.54, 1.807) is 0 Å². The van der Waals surface area contributed by atoms with Gasteiger partial charge < -0.3 is 15.2 Å². The van der Waals surface area contributed by atoms with E-state index in [0.29, 0.717) is 19.4 Å². The highest BCUT2D eigenvalue weighted by Gasteiger charge is 2.35. The summed E-state index contributed by atoms with van der Waals surface area (Å²) in [4.78, 5) is 10.7. The summed E-state index contributed by atoms with van der Waals surface area (Å²) in [6.07, 6.45) is -4.37. The molecule has 88 valence electrons. The molecule has 0 amide bonds. The molecule has 2 atom stereocenters. The number of carbonyl (C=O) groups is 1. The SMILES string of the molecule is O=C(O)C1NCCCC1OCC(F)(F)F. The number of hydrogen-bond donors (Lipinski definition) is 2. The Balaban J connectivity index is 2.46. The van der Waals surface area contributed by atoms with Crippen molar-refractivity contribution in [2.45, 2.75) is 31.2 Å². The zero-order valence-electron chi connectivity index (χ0n) is 7.88. The van der Waals surface area contributed by atoms with Crippen molar-refractivity contribution in [3.63, 3.8) is 0 Å². The Morgan fingerprint density at radius 1 is 1.53 bits per heavy atom. The van der Waals surface area contributed by atoms with E-state index < -0.39 is 30.9 Å². The molecule has 1 fully saturated rings. The van der Waals surface area contributed by atoms with E-state index in [-0.39, 0.29) is 0 Å². The number of hydrogen-bond acceptors (Lipinski definition) is 3. The van der Waals surface area contributed by atoms with Gasteiger partial charge in [-0.3, -0.25) is 4.79 Å². The number of piperidine rings is 1. The van der Waals surface area contributed by atoms with E-state index >= 15 is 0 Å². The first-order valence-electron chi connectivity index (χ1n) is 4.55. The van der Waals surface area contributed by atoms with Crippen LogP contribution in [0.15, 0.2) is 0 Å². The number of ether oxygens (including phenoxy) is 1. The number of carboxylic acids is 1. The predicted molar refractivity (Wildman–Crippen MR) is 44.5 cm³/mol. The van der Waals surface area contributed by atoms with Gasteiger partial charge in [0, 0.05) is 0 Å². The summed E-state index contributed by atoms with van der Waals surface area (Å²) in [6.45, 7) is -0.911. The zero-order valence-corrected chi connectivity index (χ0v) is 7.88. The Hall–Kier alpha value is -0.820.